The highest BCUT2D eigenvalue weighted by Gasteiger charge is 1.83. The molecule has 0 aromatic rings. The van der Waals surface area contributed by atoms with Crippen LogP contribution in [0.25, 0.3) is 0 Å². The second kappa shape index (κ2) is 1.73. The Balaban J connectivity index is 2.66. The van der Waals surface area contributed by atoms with E-state index in [4.69, 9.17) is 0 Å². The SMILES string of the molecule is C=C1C=CCN=C1. The monoisotopic (exact) mass is 93.1 g/mol. The van der Waals surface area contributed by atoms with Gasteiger partial charge in [-0.25, -0.2) is 0 Å². The van der Waals surface area contributed by atoms with Crippen molar-refractivity contribution in [3.8, 4) is 0 Å². The van der Waals surface area contributed by atoms with Crippen molar-refractivity contribution in [1.82, 2.24) is 0 Å². The van der Waals surface area contributed by atoms with Crippen molar-refractivity contribution in [1.29, 1.82) is 0 Å². The lowest BCUT2D eigenvalue weighted by atomic mass is 10.3. The minimum Gasteiger partial charge on any atom is -0.288 e. The predicted octanol–water partition coefficient (Wildman–Crippen LogP) is 1.18. The van der Waals surface area contributed by atoms with Gasteiger partial charge < -0.3 is 0 Å². The van der Waals surface area contributed by atoms with E-state index in [9.17, 15) is 0 Å². The number of hydrogen-bond acceptors (Lipinski definition) is 1. The number of hydrogen-bond donors (Lipinski definition) is 0. The first-order valence-corrected chi connectivity index (χ1v) is 2.25. The quantitative estimate of drug-likeness (QED) is 0.426. The first-order valence-electron chi connectivity index (χ1n) is 2.25. The summed E-state index contributed by atoms with van der Waals surface area (Å²) in [5, 5.41) is 0. The molecule has 0 spiro atoms. The molecule has 0 saturated heterocycles. The Kier molecular flexibility index (Phi) is 1.07. The van der Waals surface area contributed by atoms with Crippen LogP contribution in [0.4, 0.5) is 0 Å². The van der Waals surface area contributed by atoms with Crippen LogP contribution in [0.3, 0.4) is 0 Å². The van der Waals surface area contributed by atoms with Crippen LogP contribution in [0.15, 0.2) is 29.3 Å². The molecule has 0 bridgehead atoms. The van der Waals surface area contributed by atoms with Gasteiger partial charge in [-0.05, 0) is 5.57 Å². The molecule has 1 nitrogen and oxygen atoms in total. The van der Waals surface area contributed by atoms with E-state index in [1.54, 1.807) is 6.21 Å². The van der Waals surface area contributed by atoms with Gasteiger partial charge >= 0.3 is 0 Å². The topological polar surface area (TPSA) is 12.4 Å². The van der Waals surface area contributed by atoms with Gasteiger partial charge in [0.05, 0.1) is 6.54 Å². The van der Waals surface area contributed by atoms with Crippen molar-refractivity contribution >= 4 is 6.21 Å². The lowest BCUT2D eigenvalue weighted by Crippen LogP contribution is -1.85. The van der Waals surface area contributed by atoms with E-state index in [2.05, 4.69) is 11.6 Å². The molecular weight excluding hydrogens is 86.1 g/mol. The van der Waals surface area contributed by atoms with Crippen molar-refractivity contribution in [3.63, 3.8) is 0 Å². The molecule has 0 radical (unpaired) electrons. The van der Waals surface area contributed by atoms with Gasteiger partial charge in [-0.15, -0.1) is 0 Å². The molecule has 1 aliphatic rings. The Morgan fingerprint density at radius 1 is 1.71 bits per heavy atom. The molecule has 36 valence electrons. The van der Waals surface area contributed by atoms with Gasteiger partial charge in [0, 0.05) is 6.21 Å². The molecule has 0 aliphatic carbocycles. The number of nitrogens with zero attached hydrogens (tertiary/aromatic N) is 1. The smallest absolute Gasteiger partial charge is 0.0573 e. The van der Waals surface area contributed by atoms with Crippen LogP contribution < -0.4 is 0 Å². The van der Waals surface area contributed by atoms with Gasteiger partial charge in [-0.2, -0.15) is 0 Å². The van der Waals surface area contributed by atoms with E-state index in [1.807, 2.05) is 12.2 Å². The van der Waals surface area contributed by atoms with Crippen LogP contribution >= 0.6 is 0 Å². The fraction of sp³-hybridized carbons (Fsp3) is 0.167. The van der Waals surface area contributed by atoms with Gasteiger partial charge in [0.15, 0.2) is 0 Å². The third-order valence-electron chi connectivity index (χ3n) is 0.800. The van der Waals surface area contributed by atoms with E-state index in [-0.39, 0.29) is 0 Å². The molecule has 7 heavy (non-hydrogen) atoms. The Morgan fingerprint density at radius 3 is 2.86 bits per heavy atom. The number of aliphatic imine (C=N–C) groups is 1. The maximum absolute atomic E-state index is 3.95. The van der Waals surface area contributed by atoms with Gasteiger partial charge in [0.25, 0.3) is 0 Å². The minimum atomic E-state index is 0.818. The standard InChI is InChI=1S/C6H7N/c1-6-3-2-4-7-5-6/h2-3,5H,1,4H2. The van der Waals surface area contributed by atoms with Crippen molar-refractivity contribution in [2.45, 2.75) is 0 Å². The summed E-state index contributed by atoms with van der Waals surface area (Å²) in [6.45, 7) is 4.50. The molecule has 1 heterocycles. The summed E-state index contributed by atoms with van der Waals surface area (Å²) < 4.78 is 0. The highest BCUT2D eigenvalue weighted by molar-refractivity contribution is 5.82. The van der Waals surface area contributed by atoms with Crippen LogP contribution in [-0.4, -0.2) is 12.8 Å². The summed E-state index contributed by atoms with van der Waals surface area (Å²) in [6, 6.07) is 0. The second-order valence-corrected chi connectivity index (χ2v) is 1.47. The van der Waals surface area contributed by atoms with E-state index in [1.165, 1.54) is 0 Å². The highest BCUT2D eigenvalue weighted by Crippen LogP contribution is 1.93. The molecule has 0 atom stereocenters. The van der Waals surface area contributed by atoms with Gasteiger partial charge in [-0.1, -0.05) is 18.7 Å². The zero-order valence-electron chi connectivity index (χ0n) is 4.09. The Morgan fingerprint density at radius 2 is 2.57 bits per heavy atom. The van der Waals surface area contributed by atoms with Crippen molar-refractivity contribution in [2.75, 3.05) is 6.54 Å². The maximum Gasteiger partial charge on any atom is 0.0573 e. The van der Waals surface area contributed by atoms with Gasteiger partial charge in [-0.3, -0.25) is 4.99 Å². The van der Waals surface area contributed by atoms with E-state index in [0.717, 1.165) is 12.1 Å². The highest BCUT2D eigenvalue weighted by atomic mass is 14.7. The molecule has 0 amide bonds. The summed E-state index contributed by atoms with van der Waals surface area (Å²) in [5.74, 6) is 0. The normalized spacial score (nSPS) is 18.0. The van der Waals surface area contributed by atoms with Gasteiger partial charge in [0.2, 0.25) is 0 Å². The van der Waals surface area contributed by atoms with E-state index >= 15 is 0 Å². The number of rotatable bonds is 0. The minimum absolute atomic E-state index is 0.818. The lowest BCUT2D eigenvalue weighted by Gasteiger charge is -1.92. The second-order valence-electron chi connectivity index (χ2n) is 1.47. The molecule has 0 saturated carbocycles. The van der Waals surface area contributed by atoms with Crippen LogP contribution in [0.5, 0.6) is 0 Å². The fourth-order valence-corrected chi connectivity index (χ4v) is 0.478. The Hall–Kier alpha value is -0.850. The van der Waals surface area contributed by atoms with E-state index in [0.29, 0.717) is 0 Å². The summed E-state index contributed by atoms with van der Waals surface area (Å²) >= 11 is 0. The fourth-order valence-electron chi connectivity index (χ4n) is 0.478. The predicted molar refractivity (Wildman–Crippen MR) is 31.6 cm³/mol. The molecule has 0 aromatic carbocycles. The summed E-state index contributed by atoms with van der Waals surface area (Å²) in [6.07, 6.45) is 5.73. The van der Waals surface area contributed by atoms with Crippen LogP contribution in [0.1, 0.15) is 0 Å². The molecule has 0 N–H and O–H groups in total. The van der Waals surface area contributed by atoms with E-state index < -0.39 is 0 Å². The molecule has 0 fully saturated rings. The van der Waals surface area contributed by atoms with Crippen molar-refractivity contribution in [2.24, 2.45) is 4.99 Å². The molecule has 0 aromatic heterocycles. The molecule has 0 unspecified atom stereocenters. The Labute approximate surface area is 43.1 Å². The molecule has 1 rings (SSSR count). The first-order chi connectivity index (χ1) is 3.39. The van der Waals surface area contributed by atoms with Crippen LogP contribution in [0, 0.1) is 0 Å². The average Bonchev–Trinajstić information content (AvgIpc) is 1.69. The molecule has 1 heteroatoms. The number of allylic oxidation sites excluding steroid dienone is 2. The summed E-state index contributed by atoms with van der Waals surface area (Å²) in [7, 11) is 0. The van der Waals surface area contributed by atoms with Crippen molar-refractivity contribution < 1.29 is 0 Å². The average molecular weight is 93.1 g/mol. The van der Waals surface area contributed by atoms with Crippen molar-refractivity contribution in [3.05, 3.63) is 24.3 Å². The number of dihydropyridines is 1. The lowest BCUT2D eigenvalue weighted by molar-refractivity contribution is 1.24. The third kappa shape index (κ3) is 1.000. The Bertz CT molecular complexity index is 117. The van der Waals surface area contributed by atoms with Gasteiger partial charge in [0.1, 0.15) is 0 Å². The largest absolute Gasteiger partial charge is 0.288 e. The molecular formula is C6H7N. The zero-order chi connectivity index (χ0) is 5.11. The third-order valence-corrected chi connectivity index (χ3v) is 0.800. The molecule has 1 aliphatic heterocycles. The van der Waals surface area contributed by atoms with Crippen LogP contribution in [-0.2, 0) is 0 Å². The summed E-state index contributed by atoms with van der Waals surface area (Å²) in [4.78, 5) is 3.95. The van der Waals surface area contributed by atoms with Crippen LogP contribution in [0.2, 0.25) is 0 Å². The maximum atomic E-state index is 3.95. The first kappa shape index (κ1) is 4.31. The zero-order valence-corrected chi connectivity index (χ0v) is 4.09. The summed E-state index contributed by atoms with van der Waals surface area (Å²) in [5.41, 5.74) is 0.992.